The molecule has 0 heterocycles. The van der Waals surface area contributed by atoms with Crippen LogP contribution in [0.2, 0.25) is 5.02 Å². The van der Waals surface area contributed by atoms with Crippen molar-refractivity contribution in [3.63, 3.8) is 0 Å². The smallest absolute Gasteiger partial charge is 0.243 e. The lowest BCUT2D eigenvalue weighted by atomic mass is 10.0. The zero-order valence-corrected chi connectivity index (χ0v) is 20.6. The Labute approximate surface area is 206 Å². The number of nitrogens with one attached hydrogen (secondary N) is 1. The Balaban J connectivity index is 1.94. The molecule has 0 saturated heterocycles. The van der Waals surface area contributed by atoms with E-state index in [4.69, 9.17) is 16.3 Å². The summed E-state index contributed by atoms with van der Waals surface area (Å²) in [6.45, 7) is 4.13. The molecule has 0 aromatic heterocycles. The highest BCUT2D eigenvalue weighted by molar-refractivity contribution is 6.30. The number of rotatable bonds is 10. The van der Waals surface area contributed by atoms with Crippen molar-refractivity contribution in [2.45, 2.75) is 45.3 Å². The average Bonchev–Trinajstić information content (AvgIpc) is 2.83. The minimum atomic E-state index is -0.661. The maximum Gasteiger partial charge on any atom is 0.243 e. The van der Waals surface area contributed by atoms with Gasteiger partial charge < -0.3 is 15.0 Å². The number of hydrogen-bond donors (Lipinski definition) is 1. The predicted octanol–water partition coefficient (Wildman–Crippen LogP) is 5.06. The van der Waals surface area contributed by atoms with E-state index in [9.17, 15) is 9.59 Å². The number of carbonyl (C=O) groups is 2. The molecule has 3 rings (SSSR count). The van der Waals surface area contributed by atoms with Crippen molar-refractivity contribution in [1.82, 2.24) is 10.2 Å². The lowest BCUT2D eigenvalue weighted by molar-refractivity contribution is -0.141. The van der Waals surface area contributed by atoms with E-state index in [1.807, 2.05) is 80.6 Å². The van der Waals surface area contributed by atoms with Gasteiger partial charge in [0, 0.05) is 24.0 Å². The monoisotopic (exact) mass is 478 g/mol. The lowest BCUT2D eigenvalue weighted by Gasteiger charge is -2.32. The van der Waals surface area contributed by atoms with Gasteiger partial charge in [-0.15, -0.1) is 0 Å². The van der Waals surface area contributed by atoms with Gasteiger partial charge in [0.1, 0.15) is 11.8 Å². The fraction of sp³-hybridized carbons (Fsp3) is 0.286. The Morgan fingerprint density at radius 2 is 1.50 bits per heavy atom. The Morgan fingerprint density at radius 1 is 0.882 bits per heavy atom. The Kier molecular flexibility index (Phi) is 9.11. The van der Waals surface area contributed by atoms with Crippen LogP contribution in [0.25, 0.3) is 0 Å². The summed E-state index contributed by atoms with van der Waals surface area (Å²) in [5.74, 6) is 0.434. The molecule has 0 spiro atoms. The normalized spacial score (nSPS) is 11.7. The van der Waals surface area contributed by atoms with Crippen LogP contribution >= 0.6 is 11.6 Å². The summed E-state index contributed by atoms with van der Waals surface area (Å²) in [6, 6.07) is 23.8. The molecule has 34 heavy (non-hydrogen) atoms. The predicted molar refractivity (Wildman–Crippen MR) is 136 cm³/mol. The van der Waals surface area contributed by atoms with Crippen molar-refractivity contribution < 1.29 is 14.3 Å². The molecule has 5 nitrogen and oxygen atoms in total. The van der Waals surface area contributed by atoms with Gasteiger partial charge in [-0.25, -0.2) is 0 Å². The van der Waals surface area contributed by atoms with Crippen LogP contribution in [0.5, 0.6) is 5.75 Å². The van der Waals surface area contributed by atoms with Gasteiger partial charge >= 0.3 is 0 Å². The van der Waals surface area contributed by atoms with Crippen LogP contribution in [-0.2, 0) is 29.0 Å². The van der Waals surface area contributed by atoms with Crippen molar-refractivity contribution in [2.75, 3.05) is 7.11 Å². The van der Waals surface area contributed by atoms with E-state index in [2.05, 4.69) is 5.32 Å². The van der Waals surface area contributed by atoms with Gasteiger partial charge in [-0.2, -0.15) is 0 Å². The number of benzene rings is 3. The molecule has 0 unspecified atom stereocenters. The molecular formula is C28H31ClN2O3. The zero-order chi connectivity index (χ0) is 24.5. The van der Waals surface area contributed by atoms with E-state index in [1.54, 1.807) is 24.1 Å². The molecule has 0 aliphatic carbocycles. The highest BCUT2D eigenvalue weighted by Crippen LogP contribution is 2.19. The van der Waals surface area contributed by atoms with E-state index >= 15 is 0 Å². The number of nitrogens with zero attached hydrogens (tertiary/aromatic N) is 1. The van der Waals surface area contributed by atoms with Crippen LogP contribution in [0.1, 0.15) is 30.5 Å². The number of amides is 2. The van der Waals surface area contributed by atoms with Gasteiger partial charge in [0.15, 0.2) is 0 Å². The summed E-state index contributed by atoms with van der Waals surface area (Å²) in [6.07, 6.45) is 0.596. The molecule has 1 atom stereocenters. The first-order valence-corrected chi connectivity index (χ1v) is 11.7. The Morgan fingerprint density at radius 3 is 2.09 bits per heavy atom. The van der Waals surface area contributed by atoms with Gasteiger partial charge in [-0.3, -0.25) is 9.59 Å². The summed E-state index contributed by atoms with van der Waals surface area (Å²) >= 11 is 6.07. The molecule has 3 aromatic carbocycles. The van der Waals surface area contributed by atoms with E-state index in [-0.39, 0.29) is 24.3 Å². The van der Waals surface area contributed by atoms with Gasteiger partial charge in [0.05, 0.1) is 13.5 Å². The van der Waals surface area contributed by atoms with Gasteiger partial charge in [-0.1, -0.05) is 66.2 Å². The van der Waals surface area contributed by atoms with Crippen molar-refractivity contribution in [1.29, 1.82) is 0 Å². The highest BCUT2D eigenvalue weighted by atomic mass is 35.5. The zero-order valence-electron chi connectivity index (χ0n) is 19.8. The summed E-state index contributed by atoms with van der Waals surface area (Å²) < 4.78 is 5.22. The molecule has 0 aliphatic heterocycles. The number of carbonyl (C=O) groups excluding carboxylic acids is 2. The maximum atomic E-state index is 13.6. The topological polar surface area (TPSA) is 58.6 Å². The second kappa shape index (κ2) is 12.2. The van der Waals surface area contributed by atoms with Crippen molar-refractivity contribution in [3.8, 4) is 5.75 Å². The third-order valence-corrected chi connectivity index (χ3v) is 5.73. The minimum Gasteiger partial charge on any atom is -0.497 e. The van der Waals surface area contributed by atoms with Crippen LogP contribution in [0, 0.1) is 0 Å². The van der Waals surface area contributed by atoms with Crippen LogP contribution < -0.4 is 10.1 Å². The molecule has 178 valence electrons. The molecule has 6 heteroatoms. The molecule has 1 N–H and O–H groups in total. The van der Waals surface area contributed by atoms with Gasteiger partial charge in [-0.05, 0) is 54.8 Å². The van der Waals surface area contributed by atoms with Crippen molar-refractivity contribution in [3.05, 3.63) is 101 Å². The fourth-order valence-corrected chi connectivity index (χ4v) is 3.87. The average molecular weight is 479 g/mol. The second-order valence-electron chi connectivity index (χ2n) is 8.54. The summed E-state index contributed by atoms with van der Waals surface area (Å²) in [5.41, 5.74) is 2.75. The number of halogens is 1. The summed E-state index contributed by atoms with van der Waals surface area (Å²) in [5, 5.41) is 3.63. The first kappa shape index (κ1) is 25.3. The lowest BCUT2D eigenvalue weighted by Crippen LogP contribution is -2.52. The highest BCUT2D eigenvalue weighted by Gasteiger charge is 2.30. The maximum absolute atomic E-state index is 13.6. The van der Waals surface area contributed by atoms with E-state index in [0.717, 1.165) is 22.4 Å². The quantitative estimate of drug-likeness (QED) is 0.443. The number of methoxy groups -OCH3 is 1. The third-order valence-electron chi connectivity index (χ3n) is 5.48. The molecule has 0 radical (unpaired) electrons. The molecule has 0 aliphatic rings. The fourth-order valence-electron chi connectivity index (χ4n) is 3.74. The van der Waals surface area contributed by atoms with Gasteiger partial charge in [0.2, 0.25) is 11.8 Å². The van der Waals surface area contributed by atoms with Crippen LogP contribution in [-0.4, -0.2) is 35.9 Å². The second-order valence-corrected chi connectivity index (χ2v) is 8.98. The Bertz CT molecular complexity index is 1070. The number of hydrogen-bond acceptors (Lipinski definition) is 3. The Hall–Kier alpha value is -3.31. The third kappa shape index (κ3) is 7.35. The molecule has 0 saturated carbocycles. The van der Waals surface area contributed by atoms with Crippen LogP contribution in [0.3, 0.4) is 0 Å². The summed E-state index contributed by atoms with van der Waals surface area (Å²) in [4.78, 5) is 28.7. The van der Waals surface area contributed by atoms with Crippen LogP contribution in [0.15, 0.2) is 78.9 Å². The molecule has 0 bridgehead atoms. The molecule has 2 amide bonds. The first-order valence-electron chi connectivity index (χ1n) is 11.4. The van der Waals surface area contributed by atoms with E-state index < -0.39 is 6.04 Å². The first-order chi connectivity index (χ1) is 16.4. The number of ether oxygens (including phenoxy) is 1. The molecule has 3 aromatic rings. The van der Waals surface area contributed by atoms with Crippen molar-refractivity contribution in [2.24, 2.45) is 0 Å². The molecule has 0 fully saturated rings. The van der Waals surface area contributed by atoms with E-state index in [1.165, 1.54) is 0 Å². The standard InChI is InChI=1S/C28H31ClN2O3/c1-20(2)30-28(33)26(17-21-7-5-4-6-8-21)31(19-23-9-13-24(29)14-10-23)27(32)18-22-11-15-25(34-3)16-12-22/h4-16,20,26H,17-19H2,1-3H3,(H,30,33)/t26-/m0/s1. The van der Waals surface area contributed by atoms with Gasteiger partial charge in [0.25, 0.3) is 0 Å². The minimum absolute atomic E-state index is 0.0418. The SMILES string of the molecule is COc1ccc(CC(=O)N(Cc2ccc(Cl)cc2)[C@@H](Cc2ccccc2)C(=O)NC(C)C)cc1. The van der Waals surface area contributed by atoms with E-state index in [0.29, 0.717) is 18.0 Å². The largest absolute Gasteiger partial charge is 0.497 e. The van der Waals surface area contributed by atoms with Crippen molar-refractivity contribution >= 4 is 23.4 Å². The van der Waals surface area contributed by atoms with Crippen LogP contribution in [0.4, 0.5) is 0 Å². The summed E-state index contributed by atoms with van der Waals surface area (Å²) in [7, 11) is 1.61. The molecular weight excluding hydrogens is 448 g/mol.